The molecule has 7 nitrogen and oxygen atoms in total. The number of sulfonamides is 1. The molecule has 2 aromatic carbocycles. The fourth-order valence-electron chi connectivity index (χ4n) is 3.20. The SMILES string of the molecule is Cc1ccc([N+](=O)[O-])cc1S(=O)(=O)N(C)c1ccc(OC2CCCC2)cc1. The summed E-state index contributed by atoms with van der Waals surface area (Å²) in [4.78, 5) is 10.3. The van der Waals surface area contributed by atoms with E-state index in [4.69, 9.17) is 4.74 Å². The minimum absolute atomic E-state index is 0.0783. The van der Waals surface area contributed by atoms with Gasteiger partial charge < -0.3 is 4.74 Å². The van der Waals surface area contributed by atoms with E-state index in [1.54, 1.807) is 31.2 Å². The monoisotopic (exact) mass is 390 g/mol. The largest absolute Gasteiger partial charge is 0.490 e. The zero-order valence-corrected chi connectivity index (χ0v) is 16.1. The molecule has 0 N–H and O–H groups in total. The molecule has 1 fully saturated rings. The topological polar surface area (TPSA) is 89.8 Å². The predicted molar refractivity (Wildman–Crippen MR) is 103 cm³/mol. The van der Waals surface area contributed by atoms with Crippen molar-refractivity contribution < 1.29 is 18.1 Å². The molecule has 8 heteroatoms. The first-order valence-electron chi connectivity index (χ1n) is 8.80. The Kier molecular flexibility index (Phi) is 5.36. The van der Waals surface area contributed by atoms with Crippen LogP contribution in [-0.2, 0) is 10.0 Å². The number of ether oxygens (including phenoxy) is 1. The third-order valence-corrected chi connectivity index (χ3v) is 6.75. The van der Waals surface area contributed by atoms with Gasteiger partial charge in [0.05, 0.1) is 21.6 Å². The molecule has 144 valence electrons. The second-order valence-corrected chi connectivity index (χ2v) is 8.64. The summed E-state index contributed by atoms with van der Waals surface area (Å²) >= 11 is 0. The molecule has 3 rings (SSSR count). The van der Waals surface area contributed by atoms with Crippen LogP contribution in [0.25, 0.3) is 0 Å². The number of non-ortho nitro benzene ring substituents is 1. The number of rotatable bonds is 6. The van der Waals surface area contributed by atoms with Gasteiger partial charge in [-0.3, -0.25) is 14.4 Å². The molecule has 0 heterocycles. The quantitative estimate of drug-likeness (QED) is 0.548. The molecule has 0 unspecified atom stereocenters. The highest BCUT2D eigenvalue weighted by Crippen LogP contribution is 2.29. The van der Waals surface area contributed by atoms with E-state index in [-0.39, 0.29) is 16.7 Å². The summed E-state index contributed by atoms with van der Waals surface area (Å²) in [6.07, 6.45) is 4.66. The van der Waals surface area contributed by atoms with Gasteiger partial charge in [0, 0.05) is 19.2 Å². The van der Waals surface area contributed by atoms with Crippen molar-refractivity contribution in [2.75, 3.05) is 11.4 Å². The molecule has 0 amide bonds. The Bertz CT molecular complexity index is 935. The van der Waals surface area contributed by atoms with Gasteiger partial charge in [-0.05, 0) is 62.4 Å². The lowest BCUT2D eigenvalue weighted by Crippen LogP contribution is -2.27. The van der Waals surface area contributed by atoms with Crippen molar-refractivity contribution in [3.8, 4) is 5.75 Å². The average Bonchev–Trinajstić information content (AvgIpc) is 3.14. The fraction of sp³-hybridized carbons (Fsp3) is 0.368. The molecule has 1 aliphatic rings. The van der Waals surface area contributed by atoms with Crippen molar-refractivity contribution in [3.63, 3.8) is 0 Å². The van der Waals surface area contributed by atoms with Gasteiger partial charge in [-0.2, -0.15) is 0 Å². The minimum Gasteiger partial charge on any atom is -0.490 e. The zero-order valence-electron chi connectivity index (χ0n) is 15.3. The number of nitro groups is 1. The van der Waals surface area contributed by atoms with Crippen molar-refractivity contribution in [3.05, 3.63) is 58.1 Å². The number of hydrogen-bond acceptors (Lipinski definition) is 5. The number of benzene rings is 2. The Labute approximate surface area is 158 Å². The maximum absolute atomic E-state index is 13.0. The molecular formula is C19H22N2O5S. The Morgan fingerprint density at radius 3 is 2.33 bits per heavy atom. The van der Waals surface area contributed by atoms with Crippen molar-refractivity contribution in [1.82, 2.24) is 0 Å². The summed E-state index contributed by atoms with van der Waals surface area (Å²) in [6, 6.07) is 10.7. The standard InChI is InChI=1S/C19H22N2O5S/c1-14-7-8-16(21(22)23)13-19(14)27(24,25)20(2)15-9-11-18(12-10-15)26-17-5-3-4-6-17/h7-13,17H,3-6H2,1-2H3. The Morgan fingerprint density at radius 1 is 1.11 bits per heavy atom. The zero-order chi connectivity index (χ0) is 19.6. The normalized spacial score (nSPS) is 14.9. The summed E-state index contributed by atoms with van der Waals surface area (Å²) < 4.78 is 32.9. The lowest BCUT2D eigenvalue weighted by Gasteiger charge is -2.21. The van der Waals surface area contributed by atoms with Gasteiger partial charge in [0.15, 0.2) is 0 Å². The molecule has 1 aliphatic carbocycles. The summed E-state index contributed by atoms with van der Waals surface area (Å²) in [5, 5.41) is 11.0. The molecule has 0 spiro atoms. The number of anilines is 1. The van der Waals surface area contributed by atoms with E-state index in [0.717, 1.165) is 23.2 Å². The number of aryl methyl sites for hydroxylation is 1. The third kappa shape index (κ3) is 4.05. The van der Waals surface area contributed by atoms with E-state index >= 15 is 0 Å². The van der Waals surface area contributed by atoms with E-state index in [9.17, 15) is 18.5 Å². The van der Waals surface area contributed by atoms with Crippen LogP contribution < -0.4 is 9.04 Å². The molecule has 0 radical (unpaired) electrons. The Hall–Kier alpha value is -2.61. The lowest BCUT2D eigenvalue weighted by molar-refractivity contribution is -0.385. The molecule has 0 aromatic heterocycles. The second-order valence-electron chi connectivity index (χ2n) is 6.70. The van der Waals surface area contributed by atoms with Crippen LogP contribution in [0.1, 0.15) is 31.2 Å². The molecule has 0 saturated heterocycles. The van der Waals surface area contributed by atoms with Crippen LogP contribution in [0.3, 0.4) is 0 Å². The number of hydrogen-bond donors (Lipinski definition) is 0. The van der Waals surface area contributed by atoms with Crippen LogP contribution in [0.4, 0.5) is 11.4 Å². The van der Waals surface area contributed by atoms with Gasteiger partial charge in [0.2, 0.25) is 0 Å². The molecule has 27 heavy (non-hydrogen) atoms. The fourth-order valence-corrected chi connectivity index (χ4v) is 4.64. The van der Waals surface area contributed by atoms with Crippen molar-refractivity contribution in [1.29, 1.82) is 0 Å². The molecule has 2 aromatic rings. The Morgan fingerprint density at radius 2 is 1.74 bits per heavy atom. The highest BCUT2D eigenvalue weighted by atomic mass is 32.2. The van der Waals surface area contributed by atoms with E-state index < -0.39 is 14.9 Å². The maximum atomic E-state index is 13.0. The van der Waals surface area contributed by atoms with Gasteiger partial charge in [0.25, 0.3) is 15.7 Å². The molecule has 0 aliphatic heterocycles. The summed E-state index contributed by atoms with van der Waals surface area (Å²) in [5.41, 5.74) is 0.654. The van der Waals surface area contributed by atoms with Gasteiger partial charge in [-0.15, -0.1) is 0 Å². The summed E-state index contributed by atoms with van der Waals surface area (Å²) in [5.74, 6) is 0.711. The second kappa shape index (κ2) is 7.56. The smallest absolute Gasteiger partial charge is 0.270 e. The Balaban J connectivity index is 1.84. The van der Waals surface area contributed by atoms with Crippen LogP contribution in [0.15, 0.2) is 47.4 Å². The van der Waals surface area contributed by atoms with E-state index in [0.29, 0.717) is 17.0 Å². The first-order chi connectivity index (χ1) is 12.8. The van der Waals surface area contributed by atoms with Crippen LogP contribution >= 0.6 is 0 Å². The third-order valence-electron chi connectivity index (χ3n) is 4.83. The summed E-state index contributed by atoms with van der Waals surface area (Å²) in [6.45, 7) is 1.61. The molecular weight excluding hydrogens is 368 g/mol. The number of nitrogens with zero attached hydrogens (tertiary/aromatic N) is 2. The molecule has 0 atom stereocenters. The van der Waals surface area contributed by atoms with Crippen LogP contribution in [0, 0.1) is 17.0 Å². The summed E-state index contributed by atoms with van der Waals surface area (Å²) in [7, 11) is -2.49. The van der Waals surface area contributed by atoms with Crippen LogP contribution in [0.5, 0.6) is 5.75 Å². The highest BCUT2D eigenvalue weighted by molar-refractivity contribution is 7.92. The first-order valence-corrected chi connectivity index (χ1v) is 10.2. The van der Waals surface area contributed by atoms with Crippen molar-refractivity contribution >= 4 is 21.4 Å². The highest BCUT2D eigenvalue weighted by Gasteiger charge is 2.26. The van der Waals surface area contributed by atoms with E-state index in [1.807, 2.05) is 0 Å². The molecule has 1 saturated carbocycles. The van der Waals surface area contributed by atoms with E-state index in [2.05, 4.69) is 0 Å². The van der Waals surface area contributed by atoms with Gasteiger partial charge >= 0.3 is 0 Å². The molecule has 0 bridgehead atoms. The average molecular weight is 390 g/mol. The van der Waals surface area contributed by atoms with Crippen molar-refractivity contribution in [2.24, 2.45) is 0 Å². The predicted octanol–water partition coefficient (Wildman–Crippen LogP) is 4.05. The number of nitro benzene ring substituents is 1. The minimum atomic E-state index is -3.93. The van der Waals surface area contributed by atoms with Gasteiger partial charge in [0.1, 0.15) is 5.75 Å². The van der Waals surface area contributed by atoms with Gasteiger partial charge in [-0.1, -0.05) is 6.07 Å². The van der Waals surface area contributed by atoms with Gasteiger partial charge in [-0.25, -0.2) is 8.42 Å². The van der Waals surface area contributed by atoms with Crippen molar-refractivity contribution in [2.45, 2.75) is 43.6 Å². The van der Waals surface area contributed by atoms with Crippen LogP contribution in [0.2, 0.25) is 0 Å². The first kappa shape index (κ1) is 19.2. The lowest BCUT2D eigenvalue weighted by atomic mass is 10.2. The van der Waals surface area contributed by atoms with E-state index in [1.165, 1.54) is 32.0 Å². The van der Waals surface area contributed by atoms with Crippen LogP contribution in [-0.4, -0.2) is 26.5 Å². The maximum Gasteiger partial charge on any atom is 0.270 e.